The second kappa shape index (κ2) is 4.23. The van der Waals surface area contributed by atoms with E-state index in [0.717, 1.165) is 24.2 Å². The lowest BCUT2D eigenvalue weighted by Crippen LogP contribution is -2.16. The first-order valence-electron chi connectivity index (χ1n) is 5.80. The van der Waals surface area contributed by atoms with Crippen LogP contribution in [0.25, 0.3) is 0 Å². The Balaban J connectivity index is 1.94. The number of sulfonamides is 1. The smallest absolute Gasteiger partial charge is 0.264 e. The van der Waals surface area contributed by atoms with Crippen LogP contribution in [-0.2, 0) is 23.5 Å². The van der Waals surface area contributed by atoms with Gasteiger partial charge in [0.1, 0.15) is 6.33 Å². The summed E-state index contributed by atoms with van der Waals surface area (Å²) in [5.41, 5.74) is 2.01. The molecule has 0 spiro atoms. The lowest BCUT2D eigenvalue weighted by Gasteiger charge is -2.08. The molecular formula is C11H13N5O2S. The number of fused-ring (bicyclic) bond motifs is 1. The standard InChI is InChI=1S/C11H13N5O2S/c1-16-11(13-7-14-16)15-19(17,18)9-2-3-10-8(6-9)4-5-12-10/h2-3,6-7,12H,4-5H2,1H3,(H,13,14,15). The van der Waals surface area contributed by atoms with Gasteiger partial charge < -0.3 is 5.32 Å². The van der Waals surface area contributed by atoms with Crippen molar-refractivity contribution in [3.8, 4) is 0 Å². The van der Waals surface area contributed by atoms with E-state index in [-0.39, 0.29) is 10.8 Å². The molecule has 2 N–H and O–H groups in total. The minimum atomic E-state index is -3.63. The zero-order chi connectivity index (χ0) is 13.5. The van der Waals surface area contributed by atoms with Crippen molar-refractivity contribution < 1.29 is 8.42 Å². The molecule has 0 aliphatic carbocycles. The van der Waals surface area contributed by atoms with Crippen molar-refractivity contribution in [1.82, 2.24) is 14.8 Å². The monoisotopic (exact) mass is 279 g/mol. The molecule has 2 heterocycles. The minimum absolute atomic E-state index is 0.193. The fourth-order valence-corrected chi connectivity index (χ4v) is 3.10. The van der Waals surface area contributed by atoms with Crippen LogP contribution in [0.5, 0.6) is 0 Å². The number of aryl methyl sites for hydroxylation is 1. The van der Waals surface area contributed by atoms with Crippen LogP contribution in [0.1, 0.15) is 5.56 Å². The molecule has 1 aromatic carbocycles. The first-order valence-corrected chi connectivity index (χ1v) is 7.28. The molecule has 0 saturated carbocycles. The summed E-state index contributed by atoms with van der Waals surface area (Å²) in [5, 5.41) is 7.01. The van der Waals surface area contributed by atoms with E-state index in [1.807, 2.05) is 0 Å². The molecule has 0 fully saturated rings. The summed E-state index contributed by atoms with van der Waals surface area (Å²) < 4.78 is 28.3. The molecule has 0 saturated heterocycles. The summed E-state index contributed by atoms with van der Waals surface area (Å²) in [4.78, 5) is 4.08. The number of nitrogens with one attached hydrogen (secondary N) is 2. The number of rotatable bonds is 3. The maximum Gasteiger partial charge on any atom is 0.264 e. The average Bonchev–Trinajstić information content (AvgIpc) is 2.97. The predicted molar refractivity (Wildman–Crippen MR) is 70.4 cm³/mol. The van der Waals surface area contributed by atoms with Gasteiger partial charge in [-0.2, -0.15) is 10.1 Å². The van der Waals surface area contributed by atoms with Crippen molar-refractivity contribution in [3.05, 3.63) is 30.1 Å². The van der Waals surface area contributed by atoms with E-state index in [1.54, 1.807) is 25.2 Å². The normalized spacial score (nSPS) is 13.9. The fraction of sp³-hybridized carbons (Fsp3) is 0.273. The maximum atomic E-state index is 12.2. The fourth-order valence-electron chi connectivity index (χ4n) is 2.02. The van der Waals surface area contributed by atoms with Crippen molar-refractivity contribution in [2.24, 2.45) is 7.05 Å². The van der Waals surface area contributed by atoms with E-state index < -0.39 is 10.0 Å². The van der Waals surface area contributed by atoms with Crippen LogP contribution < -0.4 is 10.0 Å². The Bertz CT molecular complexity index is 722. The van der Waals surface area contributed by atoms with E-state index in [1.165, 1.54) is 11.0 Å². The van der Waals surface area contributed by atoms with Crippen LogP contribution in [0.3, 0.4) is 0 Å². The molecule has 7 nitrogen and oxygen atoms in total. The molecule has 100 valence electrons. The Kier molecular flexibility index (Phi) is 2.67. The molecule has 0 bridgehead atoms. The summed E-state index contributed by atoms with van der Waals surface area (Å²) in [6.07, 6.45) is 2.13. The molecule has 1 aliphatic rings. The maximum absolute atomic E-state index is 12.2. The number of anilines is 2. The molecule has 1 aliphatic heterocycles. The second-order valence-electron chi connectivity index (χ2n) is 4.31. The van der Waals surface area contributed by atoms with Crippen molar-refractivity contribution in [1.29, 1.82) is 0 Å². The highest BCUT2D eigenvalue weighted by molar-refractivity contribution is 7.92. The van der Waals surface area contributed by atoms with E-state index in [0.29, 0.717) is 0 Å². The zero-order valence-corrected chi connectivity index (χ0v) is 11.1. The van der Waals surface area contributed by atoms with E-state index in [9.17, 15) is 8.42 Å². The minimum Gasteiger partial charge on any atom is -0.384 e. The Hall–Kier alpha value is -2.09. The summed E-state index contributed by atoms with van der Waals surface area (Å²) in [6.45, 7) is 0.843. The van der Waals surface area contributed by atoms with Crippen LogP contribution in [0.4, 0.5) is 11.6 Å². The second-order valence-corrected chi connectivity index (χ2v) is 5.99. The third-order valence-electron chi connectivity index (χ3n) is 3.03. The highest BCUT2D eigenvalue weighted by Crippen LogP contribution is 2.25. The van der Waals surface area contributed by atoms with Gasteiger partial charge in [-0.25, -0.2) is 17.8 Å². The van der Waals surface area contributed by atoms with Crippen molar-refractivity contribution in [2.75, 3.05) is 16.6 Å². The quantitative estimate of drug-likeness (QED) is 0.858. The Morgan fingerprint density at radius 2 is 2.26 bits per heavy atom. The lowest BCUT2D eigenvalue weighted by atomic mass is 10.2. The van der Waals surface area contributed by atoms with Crippen LogP contribution in [0.2, 0.25) is 0 Å². The Labute approximate surface area is 110 Å². The first-order chi connectivity index (χ1) is 9.06. The van der Waals surface area contributed by atoms with Gasteiger partial charge >= 0.3 is 0 Å². The molecular weight excluding hydrogens is 266 g/mol. The Morgan fingerprint density at radius 1 is 1.42 bits per heavy atom. The molecule has 1 aromatic heterocycles. The number of hydrogen-bond acceptors (Lipinski definition) is 5. The van der Waals surface area contributed by atoms with Gasteiger partial charge in [0.15, 0.2) is 0 Å². The lowest BCUT2D eigenvalue weighted by molar-refractivity contribution is 0.600. The van der Waals surface area contributed by atoms with E-state index in [2.05, 4.69) is 20.1 Å². The molecule has 0 amide bonds. The van der Waals surface area contributed by atoms with Gasteiger partial charge in [-0.1, -0.05) is 0 Å². The zero-order valence-electron chi connectivity index (χ0n) is 10.3. The van der Waals surface area contributed by atoms with Gasteiger partial charge in [-0.3, -0.25) is 0 Å². The third kappa shape index (κ3) is 2.14. The molecule has 3 rings (SSSR count). The highest BCUT2D eigenvalue weighted by atomic mass is 32.2. The molecule has 0 unspecified atom stereocenters. The largest absolute Gasteiger partial charge is 0.384 e. The highest BCUT2D eigenvalue weighted by Gasteiger charge is 2.19. The van der Waals surface area contributed by atoms with E-state index >= 15 is 0 Å². The van der Waals surface area contributed by atoms with Gasteiger partial charge in [0.25, 0.3) is 10.0 Å². The van der Waals surface area contributed by atoms with Gasteiger partial charge in [0, 0.05) is 19.3 Å². The predicted octanol–water partition coefficient (Wildman–Crippen LogP) is 0.584. The first kappa shape index (κ1) is 12.0. The van der Waals surface area contributed by atoms with Crippen molar-refractivity contribution in [2.45, 2.75) is 11.3 Å². The summed E-state index contributed by atoms with van der Waals surface area (Å²) >= 11 is 0. The topological polar surface area (TPSA) is 88.9 Å². The van der Waals surface area contributed by atoms with E-state index in [4.69, 9.17) is 0 Å². The van der Waals surface area contributed by atoms with Gasteiger partial charge in [0.2, 0.25) is 5.95 Å². The summed E-state index contributed by atoms with van der Waals surface area (Å²) in [7, 11) is -2.01. The van der Waals surface area contributed by atoms with Gasteiger partial charge in [0.05, 0.1) is 4.90 Å². The molecule has 0 radical (unpaired) electrons. The van der Waals surface area contributed by atoms with Gasteiger partial charge in [-0.05, 0) is 30.2 Å². The SMILES string of the molecule is Cn1ncnc1NS(=O)(=O)c1ccc2c(c1)CCN2. The van der Waals surface area contributed by atoms with Crippen molar-refractivity contribution >= 4 is 21.7 Å². The summed E-state index contributed by atoms with van der Waals surface area (Å²) in [6, 6.07) is 5.05. The average molecular weight is 279 g/mol. The number of hydrogen-bond donors (Lipinski definition) is 2. The van der Waals surface area contributed by atoms with Crippen molar-refractivity contribution in [3.63, 3.8) is 0 Å². The van der Waals surface area contributed by atoms with Crippen LogP contribution in [-0.4, -0.2) is 29.7 Å². The molecule has 0 atom stereocenters. The molecule has 8 heteroatoms. The third-order valence-corrected chi connectivity index (χ3v) is 4.36. The van der Waals surface area contributed by atoms with Crippen LogP contribution in [0.15, 0.2) is 29.4 Å². The van der Waals surface area contributed by atoms with Crippen LogP contribution >= 0.6 is 0 Å². The van der Waals surface area contributed by atoms with Crippen LogP contribution in [0, 0.1) is 0 Å². The number of aromatic nitrogens is 3. The molecule has 19 heavy (non-hydrogen) atoms. The Morgan fingerprint density at radius 3 is 3.00 bits per heavy atom. The molecule has 2 aromatic rings. The summed E-state index contributed by atoms with van der Waals surface area (Å²) in [5.74, 6) is 0.193. The van der Waals surface area contributed by atoms with Gasteiger partial charge in [-0.15, -0.1) is 0 Å². The number of nitrogens with zero attached hydrogens (tertiary/aromatic N) is 3. The number of benzene rings is 1.